The summed E-state index contributed by atoms with van der Waals surface area (Å²) in [6.45, 7) is 6.23. The number of nitrogens with one attached hydrogen (secondary N) is 1. The van der Waals surface area contributed by atoms with Crippen molar-refractivity contribution >= 4 is 5.91 Å². The smallest absolute Gasteiger partial charge is 0.224 e. The van der Waals surface area contributed by atoms with Crippen molar-refractivity contribution in [1.29, 1.82) is 0 Å². The fourth-order valence-corrected chi connectivity index (χ4v) is 2.33. The van der Waals surface area contributed by atoms with Gasteiger partial charge in [-0.25, -0.2) is 0 Å². The molecule has 1 fully saturated rings. The highest BCUT2D eigenvalue weighted by Crippen LogP contribution is 2.23. The number of hydrogen-bond acceptors (Lipinski definition) is 2. The Bertz CT molecular complexity index is 204. The van der Waals surface area contributed by atoms with E-state index in [9.17, 15) is 4.79 Å². The van der Waals surface area contributed by atoms with Crippen LogP contribution in [0.25, 0.3) is 0 Å². The molecule has 0 spiro atoms. The normalized spacial score (nSPS) is 21.3. The monoisotopic (exact) mass is 212 g/mol. The highest BCUT2D eigenvalue weighted by molar-refractivity contribution is 5.77. The van der Waals surface area contributed by atoms with Crippen molar-refractivity contribution in [1.82, 2.24) is 10.2 Å². The first-order valence-electron chi connectivity index (χ1n) is 6.09. The summed E-state index contributed by atoms with van der Waals surface area (Å²) >= 11 is 0. The van der Waals surface area contributed by atoms with Crippen LogP contribution < -0.4 is 5.32 Å². The number of carbonyl (C=O) groups is 1. The summed E-state index contributed by atoms with van der Waals surface area (Å²) in [5.41, 5.74) is 0. The molecule has 1 amide bonds. The fraction of sp³-hybridized carbons (Fsp3) is 0.917. The van der Waals surface area contributed by atoms with Crippen molar-refractivity contribution in [3.8, 4) is 0 Å². The fourth-order valence-electron chi connectivity index (χ4n) is 2.33. The minimum atomic E-state index is 0.326. The molecule has 0 radical (unpaired) electrons. The van der Waals surface area contributed by atoms with E-state index in [0.717, 1.165) is 19.5 Å². The predicted molar refractivity (Wildman–Crippen MR) is 62.7 cm³/mol. The second-order valence-electron chi connectivity index (χ2n) is 4.87. The van der Waals surface area contributed by atoms with Crippen molar-refractivity contribution < 1.29 is 4.79 Å². The highest BCUT2D eigenvalue weighted by atomic mass is 16.2. The standard InChI is InChI=1S/C12H24N2O/c1-10(2)9-11-5-4-8-14(11)12(15)6-7-13-3/h10-11,13H,4-9H2,1-3H3. The average Bonchev–Trinajstić information content (AvgIpc) is 2.61. The molecule has 0 aromatic carbocycles. The van der Waals surface area contributed by atoms with E-state index < -0.39 is 0 Å². The molecule has 0 saturated carbocycles. The summed E-state index contributed by atoms with van der Waals surface area (Å²) in [7, 11) is 1.89. The van der Waals surface area contributed by atoms with Gasteiger partial charge in [-0.2, -0.15) is 0 Å². The summed E-state index contributed by atoms with van der Waals surface area (Å²) in [5.74, 6) is 1.01. The highest BCUT2D eigenvalue weighted by Gasteiger charge is 2.28. The molecule has 1 atom stereocenters. The van der Waals surface area contributed by atoms with Gasteiger partial charge in [-0.05, 0) is 32.2 Å². The van der Waals surface area contributed by atoms with E-state index in [1.165, 1.54) is 12.8 Å². The molecule has 1 heterocycles. The molecule has 0 aromatic rings. The maximum Gasteiger partial charge on any atom is 0.224 e. The van der Waals surface area contributed by atoms with Gasteiger partial charge >= 0.3 is 0 Å². The summed E-state index contributed by atoms with van der Waals surface area (Å²) in [5, 5.41) is 3.03. The number of hydrogen-bond donors (Lipinski definition) is 1. The molecule has 15 heavy (non-hydrogen) atoms. The second-order valence-corrected chi connectivity index (χ2v) is 4.87. The van der Waals surface area contributed by atoms with Crippen molar-refractivity contribution in [2.45, 2.75) is 45.6 Å². The third kappa shape index (κ3) is 3.82. The van der Waals surface area contributed by atoms with Gasteiger partial charge in [0, 0.05) is 25.6 Å². The summed E-state index contributed by atoms with van der Waals surface area (Å²) in [4.78, 5) is 14.0. The Kier molecular flexibility index (Phi) is 5.09. The zero-order valence-corrected chi connectivity index (χ0v) is 10.3. The topological polar surface area (TPSA) is 32.3 Å². The minimum Gasteiger partial charge on any atom is -0.340 e. The van der Waals surface area contributed by atoms with Crippen LogP contribution in [0.5, 0.6) is 0 Å². The molecule has 3 nitrogen and oxygen atoms in total. The molecule has 1 aliphatic heterocycles. The third-order valence-corrected chi connectivity index (χ3v) is 3.03. The van der Waals surface area contributed by atoms with E-state index in [0.29, 0.717) is 24.3 Å². The van der Waals surface area contributed by atoms with Crippen LogP contribution in [-0.2, 0) is 4.79 Å². The van der Waals surface area contributed by atoms with Crippen LogP contribution in [0.1, 0.15) is 39.5 Å². The zero-order valence-electron chi connectivity index (χ0n) is 10.3. The molecule has 3 heteroatoms. The van der Waals surface area contributed by atoms with Gasteiger partial charge < -0.3 is 10.2 Å². The van der Waals surface area contributed by atoms with Gasteiger partial charge in [0.05, 0.1) is 0 Å². The molecular formula is C12H24N2O. The largest absolute Gasteiger partial charge is 0.340 e. The summed E-state index contributed by atoms with van der Waals surface area (Å²) in [6, 6.07) is 0.509. The van der Waals surface area contributed by atoms with Crippen LogP contribution in [0.3, 0.4) is 0 Å². The lowest BCUT2D eigenvalue weighted by molar-refractivity contribution is -0.132. The molecule has 0 bridgehead atoms. The first kappa shape index (κ1) is 12.5. The van der Waals surface area contributed by atoms with E-state index in [4.69, 9.17) is 0 Å². The molecule has 0 aromatic heterocycles. The van der Waals surface area contributed by atoms with Gasteiger partial charge in [0.15, 0.2) is 0 Å². The lowest BCUT2D eigenvalue weighted by Crippen LogP contribution is -2.37. The predicted octanol–water partition coefficient (Wildman–Crippen LogP) is 1.63. The van der Waals surface area contributed by atoms with Crippen molar-refractivity contribution in [3.05, 3.63) is 0 Å². The first-order chi connectivity index (χ1) is 7.15. The molecule has 1 unspecified atom stereocenters. The van der Waals surface area contributed by atoms with E-state index >= 15 is 0 Å². The Labute approximate surface area is 93.2 Å². The van der Waals surface area contributed by atoms with Crippen LogP contribution >= 0.6 is 0 Å². The molecule has 1 rings (SSSR count). The van der Waals surface area contributed by atoms with E-state index in [2.05, 4.69) is 24.1 Å². The number of amides is 1. The van der Waals surface area contributed by atoms with Gasteiger partial charge in [0.1, 0.15) is 0 Å². The summed E-state index contributed by atoms with van der Waals surface area (Å²) < 4.78 is 0. The Morgan fingerprint density at radius 2 is 2.27 bits per heavy atom. The molecule has 1 aliphatic rings. The maximum absolute atomic E-state index is 11.9. The third-order valence-electron chi connectivity index (χ3n) is 3.03. The van der Waals surface area contributed by atoms with E-state index in [-0.39, 0.29) is 0 Å². The first-order valence-corrected chi connectivity index (χ1v) is 6.09. The Morgan fingerprint density at radius 1 is 1.53 bits per heavy atom. The van der Waals surface area contributed by atoms with Crippen LogP contribution in [-0.4, -0.2) is 37.0 Å². The molecule has 0 aliphatic carbocycles. The molecule has 1 saturated heterocycles. The maximum atomic E-state index is 11.9. The Morgan fingerprint density at radius 3 is 2.87 bits per heavy atom. The Balaban J connectivity index is 2.41. The number of nitrogens with zero attached hydrogens (tertiary/aromatic N) is 1. The SMILES string of the molecule is CNCCC(=O)N1CCCC1CC(C)C. The van der Waals surface area contributed by atoms with Crippen molar-refractivity contribution in [2.75, 3.05) is 20.1 Å². The Hall–Kier alpha value is -0.570. The van der Waals surface area contributed by atoms with Crippen molar-refractivity contribution in [3.63, 3.8) is 0 Å². The minimum absolute atomic E-state index is 0.326. The van der Waals surface area contributed by atoms with E-state index in [1.54, 1.807) is 0 Å². The van der Waals surface area contributed by atoms with Gasteiger partial charge in [-0.15, -0.1) is 0 Å². The zero-order chi connectivity index (χ0) is 11.3. The van der Waals surface area contributed by atoms with Crippen molar-refractivity contribution in [2.24, 2.45) is 5.92 Å². The second kappa shape index (κ2) is 6.11. The van der Waals surface area contributed by atoms with Crippen LogP contribution in [0.15, 0.2) is 0 Å². The van der Waals surface area contributed by atoms with Gasteiger partial charge in [-0.3, -0.25) is 4.79 Å². The van der Waals surface area contributed by atoms with Crippen LogP contribution in [0, 0.1) is 5.92 Å². The number of carbonyl (C=O) groups excluding carboxylic acids is 1. The number of rotatable bonds is 5. The molecular weight excluding hydrogens is 188 g/mol. The average molecular weight is 212 g/mol. The van der Waals surface area contributed by atoms with Crippen LogP contribution in [0.2, 0.25) is 0 Å². The summed E-state index contributed by atoms with van der Waals surface area (Å²) in [6.07, 6.45) is 4.18. The quantitative estimate of drug-likeness (QED) is 0.751. The van der Waals surface area contributed by atoms with Gasteiger partial charge in [0.25, 0.3) is 0 Å². The van der Waals surface area contributed by atoms with Gasteiger partial charge in [0.2, 0.25) is 5.91 Å². The van der Waals surface area contributed by atoms with Gasteiger partial charge in [-0.1, -0.05) is 13.8 Å². The molecule has 88 valence electrons. The lowest BCUT2D eigenvalue weighted by atomic mass is 10.0. The number of likely N-dealkylation sites (tertiary alicyclic amines) is 1. The lowest BCUT2D eigenvalue weighted by Gasteiger charge is -2.26. The van der Waals surface area contributed by atoms with E-state index in [1.807, 2.05) is 7.05 Å². The molecule has 1 N–H and O–H groups in total. The van der Waals surface area contributed by atoms with Crippen LogP contribution in [0.4, 0.5) is 0 Å².